The molecule has 1 heterocycles. The van der Waals surface area contributed by atoms with E-state index in [1.165, 1.54) is 13.3 Å². The lowest BCUT2D eigenvalue weighted by atomic mass is 9.88. The summed E-state index contributed by atoms with van der Waals surface area (Å²) in [7, 11) is 0. The average Bonchev–Trinajstić information content (AvgIpc) is 2.56. The van der Waals surface area contributed by atoms with E-state index in [1.807, 2.05) is 0 Å². The van der Waals surface area contributed by atoms with Crippen LogP contribution in [0.1, 0.15) is 58.3 Å². The van der Waals surface area contributed by atoms with Crippen molar-refractivity contribution in [2.24, 2.45) is 5.92 Å². The highest BCUT2D eigenvalue weighted by molar-refractivity contribution is 5.78. The van der Waals surface area contributed by atoms with E-state index in [0.717, 1.165) is 44.9 Å². The first-order chi connectivity index (χ1) is 11.1. The van der Waals surface area contributed by atoms with E-state index in [9.17, 15) is 14.7 Å². The zero-order valence-corrected chi connectivity index (χ0v) is 14.1. The van der Waals surface area contributed by atoms with Gasteiger partial charge in [-0.3, -0.25) is 9.59 Å². The van der Waals surface area contributed by atoms with Gasteiger partial charge in [0.2, 0.25) is 11.8 Å². The molecule has 0 aromatic carbocycles. The van der Waals surface area contributed by atoms with Crippen LogP contribution in [0.3, 0.4) is 0 Å². The monoisotopic (exact) mass is 326 g/mol. The lowest BCUT2D eigenvalue weighted by Gasteiger charge is -2.36. The van der Waals surface area contributed by atoms with Crippen LogP contribution in [0.15, 0.2) is 0 Å². The molecular weight excluding hydrogens is 296 g/mol. The summed E-state index contributed by atoms with van der Waals surface area (Å²) in [5, 5.41) is 15.3. The zero-order chi connectivity index (χ0) is 16.7. The van der Waals surface area contributed by atoms with Crippen molar-refractivity contribution >= 4 is 11.8 Å². The summed E-state index contributed by atoms with van der Waals surface area (Å²) in [6.45, 7) is 1.99. The molecule has 0 aromatic heterocycles. The van der Waals surface area contributed by atoms with Gasteiger partial charge in [0.1, 0.15) is 6.10 Å². The Labute approximate surface area is 138 Å². The molecule has 6 heteroatoms. The molecule has 1 saturated carbocycles. The number of rotatable bonds is 6. The standard InChI is InChI=1S/C17H30N2O4/c1-12(21)19-15-8-7-14(23-16(15)11-20)9-10-18-17(22)13-5-3-2-4-6-13/h13-16,20H,2-11H2,1H3,(H,18,22)(H,19,21)/t14-,15-,16+/m1/s1. The first-order valence-electron chi connectivity index (χ1n) is 8.91. The van der Waals surface area contributed by atoms with Crippen molar-refractivity contribution < 1.29 is 19.4 Å². The lowest BCUT2D eigenvalue weighted by Crippen LogP contribution is -2.50. The van der Waals surface area contributed by atoms with Crippen molar-refractivity contribution in [1.29, 1.82) is 0 Å². The average molecular weight is 326 g/mol. The molecule has 3 N–H and O–H groups in total. The van der Waals surface area contributed by atoms with Crippen molar-refractivity contribution in [2.45, 2.75) is 76.5 Å². The van der Waals surface area contributed by atoms with E-state index >= 15 is 0 Å². The summed E-state index contributed by atoms with van der Waals surface area (Å²) in [5.41, 5.74) is 0. The molecule has 2 aliphatic rings. The number of carbonyl (C=O) groups excluding carboxylic acids is 2. The van der Waals surface area contributed by atoms with Crippen molar-refractivity contribution in [1.82, 2.24) is 10.6 Å². The second-order valence-corrected chi connectivity index (χ2v) is 6.78. The first-order valence-corrected chi connectivity index (χ1v) is 8.91. The summed E-state index contributed by atoms with van der Waals surface area (Å²) in [5.74, 6) is 0.260. The Morgan fingerprint density at radius 2 is 1.87 bits per heavy atom. The Kier molecular flexibility index (Phi) is 7.30. The quantitative estimate of drug-likeness (QED) is 0.682. The molecule has 0 unspecified atom stereocenters. The van der Waals surface area contributed by atoms with Gasteiger partial charge in [-0.2, -0.15) is 0 Å². The summed E-state index contributed by atoms with van der Waals surface area (Å²) in [6.07, 6.45) is 7.65. The van der Waals surface area contributed by atoms with Crippen LogP contribution < -0.4 is 10.6 Å². The van der Waals surface area contributed by atoms with Crippen LogP contribution >= 0.6 is 0 Å². The normalized spacial score (nSPS) is 29.0. The van der Waals surface area contributed by atoms with Crippen LogP contribution in [-0.4, -0.2) is 48.3 Å². The molecule has 0 aromatic rings. The van der Waals surface area contributed by atoms with Gasteiger partial charge in [-0.15, -0.1) is 0 Å². The number of nitrogens with one attached hydrogen (secondary N) is 2. The third-order valence-electron chi connectivity index (χ3n) is 4.93. The fourth-order valence-electron chi connectivity index (χ4n) is 3.64. The van der Waals surface area contributed by atoms with Gasteiger partial charge >= 0.3 is 0 Å². The first kappa shape index (κ1) is 18.2. The summed E-state index contributed by atoms with van der Waals surface area (Å²) in [6, 6.07) is -0.120. The van der Waals surface area contributed by atoms with Crippen LogP contribution in [0.2, 0.25) is 0 Å². The predicted molar refractivity (Wildman–Crippen MR) is 86.8 cm³/mol. The minimum Gasteiger partial charge on any atom is -0.394 e. The molecule has 23 heavy (non-hydrogen) atoms. The molecule has 2 fully saturated rings. The molecule has 2 amide bonds. The van der Waals surface area contributed by atoms with Gasteiger partial charge in [0.25, 0.3) is 0 Å². The van der Waals surface area contributed by atoms with Gasteiger partial charge in [-0.05, 0) is 32.1 Å². The highest BCUT2D eigenvalue weighted by Crippen LogP contribution is 2.24. The van der Waals surface area contributed by atoms with Gasteiger partial charge in [0.05, 0.1) is 18.8 Å². The molecule has 1 aliphatic heterocycles. The van der Waals surface area contributed by atoms with E-state index in [1.54, 1.807) is 0 Å². The Balaban J connectivity index is 1.68. The summed E-state index contributed by atoms with van der Waals surface area (Å²) >= 11 is 0. The molecule has 6 nitrogen and oxygen atoms in total. The predicted octanol–water partition coefficient (Wildman–Crippen LogP) is 1.12. The van der Waals surface area contributed by atoms with Crippen LogP contribution in [0, 0.1) is 5.92 Å². The molecular formula is C17H30N2O4. The zero-order valence-electron chi connectivity index (χ0n) is 14.1. The number of carbonyl (C=O) groups is 2. The van der Waals surface area contributed by atoms with Gasteiger partial charge in [-0.1, -0.05) is 19.3 Å². The fourth-order valence-corrected chi connectivity index (χ4v) is 3.64. The summed E-state index contributed by atoms with van der Waals surface area (Å²) in [4.78, 5) is 23.3. The maximum atomic E-state index is 12.1. The highest BCUT2D eigenvalue weighted by atomic mass is 16.5. The molecule has 1 saturated heterocycles. The maximum Gasteiger partial charge on any atom is 0.223 e. The van der Waals surface area contributed by atoms with Crippen LogP contribution in [0.25, 0.3) is 0 Å². The van der Waals surface area contributed by atoms with Gasteiger partial charge in [0.15, 0.2) is 0 Å². The molecule has 0 bridgehead atoms. The van der Waals surface area contributed by atoms with E-state index in [-0.39, 0.29) is 42.6 Å². The number of aliphatic hydroxyl groups is 1. The Morgan fingerprint density at radius 1 is 1.13 bits per heavy atom. The minimum atomic E-state index is -0.355. The van der Waals surface area contributed by atoms with E-state index in [4.69, 9.17) is 4.74 Å². The van der Waals surface area contributed by atoms with E-state index in [2.05, 4.69) is 10.6 Å². The number of hydrogen-bond donors (Lipinski definition) is 3. The number of hydrogen-bond acceptors (Lipinski definition) is 4. The Hall–Kier alpha value is -1.14. The highest BCUT2D eigenvalue weighted by Gasteiger charge is 2.31. The third kappa shape index (κ3) is 5.77. The molecule has 1 aliphatic carbocycles. The molecule has 0 spiro atoms. The van der Waals surface area contributed by atoms with Gasteiger partial charge in [0, 0.05) is 19.4 Å². The number of ether oxygens (including phenoxy) is 1. The number of aliphatic hydroxyl groups excluding tert-OH is 1. The Bertz CT molecular complexity index is 396. The van der Waals surface area contributed by atoms with Crippen LogP contribution in [-0.2, 0) is 14.3 Å². The smallest absolute Gasteiger partial charge is 0.223 e. The van der Waals surface area contributed by atoms with Gasteiger partial charge in [-0.25, -0.2) is 0 Å². The molecule has 3 atom stereocenters. The van der Waals surface area contributed by atoms with Crippen LogP contribution in [0.5, 0.6) is 0 Å². The fraction of sp³-hybridized carbons (Fsp3) is 0.882. The van der Waals surface area contributed by atoms with Crippen LogP contribution in [0.4, 0.5) is 0 Å². The second kappa shape index (κ2) is 9.23. The number of amides is 2. The van der Waals surface area contributed by atoms with Crippen molar-refractivity contribution in [3.63, 3.8) is 0 Å². The van der Waals surface area contributed by atoms with Crippen molar-refractivity contribution in [3.8, 4) is 0 Å². The Morgan fingerprint density at radius 3 is 2.52 bits per heavy atom. The molecule has 2 rings (SSSR count). The molecule has 132 valence electrons. The summed E-state index contributed by atoms with van der Waals surface area (Å²) < 4.78 is 5.86. The lowest BCUT2D eigenvalue weighted by molar-refractivity contribution is -0.128. The van der Waals surface area contributed by atoms with Crippen molar-refractivity contribution in [3.05, 3.63) is 0 Å². The topological polar surface area (TPSA) is 87.7 Å². The maximum absolute atomic E-state index is 12.1. The third-order valence-corrected chi connectivity index (χ3v) is 4.93. The minimum absolute atomic E-state index is 0.0313. The largest absolute Gasteiger partial charge is 0.394 e. The second-order valence-electron chi connectivity index (χ2n) is 6.78. The van der Waals surface area contributed by atoms with E-state index < -0.39 is 0 Å². The van der Waals surface area contributed by atoms with Crippen molar-refractivity contribution in [2.75, 3.05) is 13.2 Å². The van der Waals surface area contributed by atoms with E-state index in [0.29, 0.717) is 6.54 Å². The molecule has 0 radical (unpaired) electrons. The SMILES string of the molecule is CC(=O)N[C@@H]1CC[C@H](CCNC(=O)C2CCCCC2)O[C@H]1CO. The van der Waals surface area contributed by atoms with Gasteiger partial charge < -0.3 is 20.5 Å².